The molecule has 0 aliphatic carbocycles. The summed E-state index contributed by atoms with van der Waals surface area (Å²) >= 11 is 0. The summed E-state index contributed by atoms with van der Waals surface area (Å²) in [7, 11) is 0. The third-order valence-electron chi connectivity index (χ3n) is 4.31. The van der Waals surface area contributed by atoms with Crippen molar-refractivity contribution in [1.29, 1.82) is 0 Å². The van der Waals surface area contributed by atoms with Gasteiger partial charge in [-0.25, -0.2) is 9.78 Å². The quantitative estimate of drug-likeness (QED) is 0.570. The van der Waals surface area contributed by atoms with Gasteiger partial charge in [0.15, 0.2) is 11.9 Å². The number of hydrogen-bond acceptors (Lipinski definition) is 4. The topological polar surface area (TPSA) is 72.0 Å². The molecular weight excluding hydrogens is 328 g/mol. The molecular formula is C21H16N2O3. The Bertz CT molecular complexity index is 1180. The minimum atomic E-state index is -0.682. The molecule has 4 aromatic rings. The molecule has 0 saturated heterocycles. The number of nitrogens with one attached hydrogen (secondary N) is 1. The van der Waals surface area contributed by atoms with E-state index < -0.39 is 12.1 Å². The number of hydrogen-bond donors (Lipinski definition) is 1. The highest BCUT2D eigenvalue weighted by Gasteiger charge is 2.18. The molecule has 0 aliphatic heterocycles. The van der Waals surface area contributed by atoms with Crippen molar-refractivity contribution in [3.05, 3.63) is 88.5 Å². The first-order valence-corrected chi connectivity index (χ1v) is 8.31. The van der Waals surface area contributed by atoms with E-state index in [1.165, 1.54) is 0 Å². The molecule has 1 atom stereocenters. The Labute approximate surface area is 149 Å². The van der Waals surface area contributed by atoms with Crippen LogP contribution < -0.4 is 5.56 Å². The molecule has 5 heteroatoms. The van der Waals surface area contributed by atoms with E-state index in [1.807, 2.05) is 42.5 Å². The number of aromatic amines is 1. The van der Waals surface area contributed by atoms with Crippen LogP contribution in [-0.2, 0) is 4.74 Å². The highest BCUT2D eigenvalue weighted by atomic mass is 16.5. The molecule has 4 rings (SSSR count). The molecule has 0 radical (unpaired) electrons. The van der Waals surface area contributed by atoms with Crippen LogP contribution >= 0.6 is 0 Å². The fourth-order valence-corrected chi connectivity index (χ4v) is 2.98. The standard InChI is InChI=1S/C21H16N2O3/c1-13(19-22-18-12-5-4-10-17(18)20(24)23-19)26-21(25)16-11-6-8-14-7-2-3-9-15(14)16/h2-13H,1H3,(H,22,23,24)/t13-/m1/s1. The molecule has 128 valence electrons. The highest BCUT2D eigenvalue weighted by Crippen LogP contribution is 2.22. The summed E-state index contributed by atoms with van der Waals surface area (Å²) in [6.45, 7) is 1.69. The van der Waals surface area contributed by atoms with Crippen LogP contribution in [0.3, 0.4) is 0 Å². The van der Waals surface area contributed by atoms with Crippen molar-refractivity contribution in [2.45, 2.75) is 13.0 Å². The van der Waals surface area contributed by atoms with Gasteiger partial charge in [-0.1, -0.05) is 48.5 Å². The lowest BCUT2D eigenvalue weighted by Gasteiger charge is -2.14. The maximum absolute atomic E-state index is 12.6. The van der Waals surface area contributed by atoms with Crippen molar-refractivity contribution < 1.29 is 9.53 Å². The molecule has 5 nitrogen and oxygen atoms in total. The van der Waals surface area contributed by atoms with Gasteiger partial charge in [0.1, 0.15) is 0 Å². The van der Waals surface area contributed by atoms with Gasteiger partial charge in [0.05, 0.1) is 16.5 Å². The van der Waals surface area contributed by atoms with Crippen molar-refractivity contribution >= 4 is 27.6 Å². The van der Waals surface area contributed by atoms with Gasteiger partial charge in [0.2, 0.25) is 0 Å². The summed E-state index contributed by atoms with van der Waals surface area (Å²) in [4.78, 5) is 32.0. The number of aromatic nitrogens is 2. The average Bonchev–Trinajstić information content (AvgIpc) is 2.67. The van der Waals surface area contributed by atoms with E-state index in [4.69, 9.17) is 4.74 Å². The van der Waals surface area contributed by atoms with Crippen molar-refractivity contribution in [2.24, 2.45) is 0 Å². The Kier molecular flexibility index (Phi) is 3.97. The van der Waals surface area contributed by atoms with Gasteiger partial charge in [-0.15, -0.1) is 0 Å². The van der Waals surface area contributed by atoms with E-state index in [0.29, 0.717) is 22.3 Å². The smallest absolute Gasteiger partial charge is 0.339 e. The zero-order chi connectivity index (χ0) is 18.1. The maximum Gasteiger partial charge on any atom is 0.339 e. The van der Waals surface area contributed by atoms with Gasteiger partial charge >= 0.3 is 5.97 Å². The summed E-state index contributed by atoms with van der Waals surface area (Å²) in [5, 5.41) is 2.29. The number of para-hydroxylation sites is 1. The van der Waals surface area contributed by atoms with Gasteiger partial charge in [0, 0.05) is 0 Å². The molecule has 3 aromatic carbocycles. The SMILES string of the molecule is C[C@@H](OC(=O)c1cccc2ccccc12)c1nc2ccccc2c(=O)[nH]1. The van der Waals surface area contributed by atoms with Crippen molar-refractivity contribution in [1.82, 2.24) is 9.97 Å². The molecule has 0 bridgehead atoms. The van der Waals surface area contributed by atoms with Crippen molar-refractivity contribution in [3.8, 4) is 0 Å². The molecule has 0 aliphatic rings. The lowest BCUT2D eigenvalue weighted by molar-refractivity contribution is 0.0322. The van der Waals surface area contributed by atoms with Crippen LogP contribution in [0, 0.1) is 0 Å². The second-order valence-electron chi connectivity index (χ2n) is 6.04. The lowest BCUT2D eigenvalue weighted by Crippen LogP contribution is -2.17. The molecule has 0 spiro atoms. The zero-order valence-electron chi connectivity index (χ0n) is 14.1. The van der Waals surface area contributed by atoms with Crippen LogP contribution in [-0.4, -0.2) is 15.9 Å². The first-order chi connectivity index (χ1) is 12.6. The Morgan fingerprint density at radius 3 is 2.50 bits per heavy atom. The monoisotopic (exact) mass is 344 g/mol. The normalized spacial score (nSPS) is 12.2. The number of carbonyl (C=O) groups is 1. The number of carbonyl (C=O) groups excluding carboxylic acids is 1. The second kappa shape index (κ2) is 6.44. The Morgan fingerprint density at radius 2 is 1.65 bits per heavy atom. The molecule has 0 saturated carbocycles. The molecule has 26 heavy (non-hydrogen) atoms. The fraction of sp³-hybridized carbons (Fsp3) is 0.0952. The molecule has 0 amide bonds. The summed E-state index contributed by atoms with van der Waals surface area (Å²) in [5.74, 6) is -0.132. The minimum absolute atomic E-state index is 0.251. The van der Waals surface area contributed by atoms with E-state index in [9.17, 15) is 9.59 Å². The Hall–Kier alpha value is -3.47. The first-order valence-electron chi connectivity index (χ1n) is 8.31. The minimum Gasteiger partial charge on any atom is -0.451 e. The molecule has 0 fully saturated rings. The van der Waals surface area contributed by atoms with Crippen molar-refractivity contribution in [3.63, 3.8) is 0 Å². The van der Waals surface area contributed by atoms with Crippen LogP contribution in [0.15, 0.2) is 71.5 Å². The lowest BCUT2D eigenvalue weighted by atomic mass is 10.0. The van der Waals surface area contributed by atoms with E-state index in [0.717, 1.165) is 10.8 Å². The van der Waals surface area contributed by atoms with Gasteiger partial charge in [-0.3, -0.25) is 4.79 Å². The fourth-order valence-electron chi connectivity index (χ4n) is 2.98. The predicted octanol–water partition coefficient (Wildman–Crippen LogP) is 3.99. The van der Waals surface area contributed by atoms with E-state index in [2.05, 4.69) is 9.97 Å². The number of nitrogens with zero attached hydrogens (tertiary/aromatic N) is 1. The van der Waals surface area contributed by atoms with Crippen LogP contribution in [0.2, 0.25) is 0 Å². The van der Waals surface area contributed by atoms with E-state index in [1.54, 1.807) is 31.2 Å². The van der Waals surface area contributed by atoms with Crippen LogP contribution in [0.1, 0.15) is 29.2 Å². The van der Waals surface area contributed by atoms with E-state index in [-0.39, 0.29) is 5.56 Å². The number of ether oxygens (including phenoxy) is 1. The van der Waals surface area contributed by atoms with E-state index >= 15 is 0 Å². The third-order valence-corrected chi connectivity index (χ3v) is 4.31. The summed E-state index contributed by atoms with van der Waals surface area (Å²) < 4.78 is 5.56. The first kappa shape index (κ1) is 16.0. The van der Waals surface area contributed by atoms with Gasteiger partial charge in [-0.05, 0) is 35.9 Å². The maximum atomic E-state index is 12.6. The van der Waals surface area contributed by atoms with Crippen LogP contribution in [0.5, 0.6) is 0 Å². The van der Waals surface area contributed by atoms with Gasteiger partial charge in [0.25, 0.3) is 5.56 Å². The Morgan fingerprint density at radius 1 is 0.962 bits per heavy atom. The molecule has 1 aromatic heterocycles. The second-order valence-corrected chi connectivity index (χ2v) is 6.04. The highest BCUT2D eigenvalue weighted by molar-refractivity contribution is 6.04. The Balaban J connectivity index is 1.66. The number of esters is 1. The number of rotatable bonds is 3. The van der Waals surface area contributed by atoms with Crippen LogP contribution in [0.25, 0.3) is 21.7 Å². The molecule has 0 unspecified atom stereocenters. The van der Waals surface area contributed by atoms with Crippen LogP contribution in [0.4, 0.5) is 0 Å². The zero-order valence-corrected chi connectivity index (χ0v) is 14.1. The number of fused-ring (bicyclic) bond motifs is 2. The van der Waals surface area contributed by atoms with Crippen molar-refractivity contribution in [2.75, 3.05) is 0 Å². The summed E-state index contributed by atoms with van der Waals surface area (Å²) in [6, 6.07) is 20.2. The number of H-pyrrole nitrogens is 1. The average molecular weight is 344 g/mol. The third kappa shape index (κ3) is 2.84. The predicted molar refractivity (Wildman–Crippen MR) is 100 cm³/mol. The largest absolute Gasteiger partial charge is 0.451 e. The summed E-state index contributed by atoms with van der Waals surface area (Å²) in [5.41, 5.74) is 0.802. The summed E-state index contributed by atoms with van der Waals surface area (Å²) in [6.07, 6.45) is -0.682. The molecule has 1 heterocycles. The van der Waals surface area contributed by atoms with Gasteiger partial charge < -0.3 is 9.72 Å². The van der Waals surface area contributed by atoms with Gasteiger partial charge in [-0.2, -0.15) is 0 Å². The molecule has 1 N–H and O–H groups in total. The number of benzene rings is 3.